The number of carbonyl (C=O) groups is 1. The van der Waals surface area contributed by atoms with Crippen molar-refractivity contribution in [1.29, 1.82) is 0 Å². The van der Waals surface area contributed by atoms with Gasteiger partial charge in [0.1, 0.15) is 0 Å². The Bertz CT molecular complexity index is 149. The molecule has 4 N–H and O–H groups in total. The molecule has 4 heteroatoms. The smallest absolute Gasteiger partial charge is 0.220 e. The predicted molar refractivity (Wildman–Crippen MR) is 47.7 cm³/mol. The summed E-state index contributed by atoms with van der Waals surface area (Å²) in [7, 11) is 0. The lowest BCUT2D eigenvalue weighted by atomic mass is 10.1. The number of nitrogens with two attached hydrogens (primary N) is 1. The second-order valence-corrected chi connectivity index (χ2v) is 3.12. The topological polar surface area (TPSA) is 67.2 Å². The number of rotatable bonds is 3. The largest absolute Gasteiger partial charge is 0.356 e. The lowest BCUT2D eigenvalue weighted by molar-refractivity contribution is -0.120. The van der Waals surface area contributed by atoms with Crippen LogP contribution < -0.4 is 16.4 Å². The van der Waals surface area contributed by atoms with Crippen LogP contribution in [0.5, 0.6) is 0 Å². The molecule has 12 heavy (non-hydrogen) atoms. The number of amides is 1. The molecule has 1 rings (SSSR count). The highest BCUT2D eigenvalue weighted by Gasteiger charge is 2.14. The van der Waals surface area contributed by atoms with Gasteiger partial charge in [0.05, 0.1) is 0 Å². The maximum Gasteiger partial charge on any atom is 0.220 e. The van der Waals surface area contributed by atoms with E-state index in [9.17, 15) is 4.79 Å². The number of nitrogens with one attached hydrogen (secondary N) is 2. The van der Waals surface area contributed by atoms with Crippen molar-refractivity contribution in [2.24, 2.45) is 5.73 Å². The summed E-state index contributed by atoms with van der Waals surface area (Å²) < 4.78 is 0. The van der Waals surface area contributed by atoms with Crippen LogP contribution in [0.4, 0.5) is 0 Å². The maximum absolute atomic E-state index is 10.9. The SMILES string of the molecule is NCCNC1CCNC(=O)CC1. The normalized spacial score (nSPS) is 24.8. The molecule has 1 fully saturated rings. The minimum atomic E-state index is 0.173. The highest BCUT2D eigenvalue weighted by Crippen LogP contribution is 2.04. The Morgan fingerprint density at radius 1 is 1.58 bits per heavy atom. The summed E-state index contributed by atoms with van der Waals surface area (Å²) >= 11 is 0. The van der Waals surface area contributed by atoms with Gasteiger partial charge in [0.2, 0.25) is 5.91 Å². The van der Waals surface area contributed by atoms with E-state index in [4.69, 9.17) is 5.73 Å². The van der Waals surface area contributed by atoms with E-state index in [-0.39, 0.29) is 5.91 Å². The number of hydrogen-bond acceptors (Lipinski definition) is 3. The van der Waals surface area contributed by atoms with Gasteiger partial charge in [0.25, 0.3) is 0 Å². The van der Waals surface area contributed by atoms with Crippen LogP contribution in [0.2, 0.25) is 0 Å². The third kappa shape index (κ3) is 3.19. The van der Waals surface area contributed by atoms with E-state index in [0.717, 1.165) is 25.9 Å². The van der Waals surface area contributed by atoms with Crippen LogP contribution in [-0.4, -0.2) is 31.6 Å². The summed E-state index contributed by atoms with van der Waals surface area (Å²) in [6, 6.07) is 0.465. The van der Waals surface area contributed by atoms with E-state index in [1.165, 1.54) is 0 Å². The van der Waals surface area contributed by atoms with Gasteiger partial charge in [-0.2, -0.15) is 0 Å². The quantitative estimate of drug-likeness (QED) is 0.521. The van der Waals surface area contributed by atoms with Crippen molar-refractivity contribution in [1.82, 2.24) is 10.6 Å². The van der Waals surface area contributed by atoms with E-state index in [0.29, 0.717) is 19.0 Å². The molecule has 0 aromatic rings. The Hall–Kier alpha value is -0.610. The first-order chi connectivity index (χ1) is 5.83. The third-order valence-corrected chi connectivity index (χ3v) is 2.11. The number of hydrogen-bond donors (Lipinski definition) is 3. The molecule has 0 bridgehead atoms. The molecule has 1 saturated heterocycles. The van der Waals surface area contributed by atoms with Crippen molar-refractivity contribution in [3.05, 3.63) is 0 Å². The maximum atomic E-state index is 10.9. The molecule has 0 aliphatic carbocycles. The Labute approximate surface area is 72.9 Å². The zero-order valence-corrected chi connectivity index (χ0v) is 7.31. The highest BCUT2D eigenvalue weighted by atomic mass is 16.1. The van der Waals surface area contributed by atoms with E-state index >= 15 is 0 Å². The van der Waals surface area contributed by atoms with Gasteiger partial charge in [-0.05, 0) is 12.8 Å². The first kappa shape index (κ1) is 9.48. The molecule has 1 amide bonds. The van der Waals surface area contributed by atoms with Crippen LogP contribution >= 0.6 is 0 Å². The van der Waals surface area contributed by atoms with Gasteiger partial charge < -0.3 is 16.4 Å². The summed E-state index contributed by atoms with van der Waals surface area (Å²) in [5, 5.41) is 6.16. The van der Waals surface area contributed by atoms with Gasteiger partial charge in [0, 0.05) is 32.1 Å². The van der Waals surface area contributed by atoms with Crippen LogP contribution in [0.15, 0.2) is 0 Å². The highest BCUT2D eigenvalue weighted by molar-refractivity contribution is 5.76. The molecule has 0 aromatic heterocycles. The molecular weight excluding hydrogens is 154 g/mol. The Morgan fingerprint density at radius 2 is 2.42 bits per heavy atom. The van der Waals surface area contributed by atoms with Gasteiger partial charge >= 0.3 is 0 Å². The molecular formula is C8H17N3O. The van der Waals surface area contributed by atoms with E-state index in [1.807, 2.05) is 0 Å². The second kappa shape index (κ2) is 5.11. The molecule has 1 unspecified atom stereocenters. The minimum Gasteiger partial charge on any atom is -0.356 e. The molecule has 4 nitrogen and oxygen atoms in total. The standard InChI is InChI=1S/C8H17N3O/c9-4-6-10-7-1-2-8(12)11-5-3-7/h7,10H,1-6,9H2,(H,11,12). The zero-order valence-electron chi connectivity index (χ0n) is 7.31. The fourth-order valence-corrected chi connectivity index (χ4v) is 1.42. The fraction of sp³-hybridized carbons (Fsp3) is 0.875. The first-order valence-electron chi connectivity index (χ1n) is 4.53. The van der Waals surface area contributed by atoms with E-state index in [1.54, 1.807) is 0 Å². The fourth-order valence-electron chi connectivity index (χ4n) is 1.42. The number of carbonyl (C=O) groups excluding carboxylic acids is 1. The molecule has 0 spiro atoms. The summed E-state index contributed by atoms with van der Waals surface area (Å²) in [4.78, 5) is 10.9. The lowest BCUT2D eigenvalue weighted by Gasteiger charge is -2.13. The Kier molecular flexibility index (Phi) is 4.04. The monoisotopic (exact) mass is 171 g/mol. The van der Waals surface area contributed by atoms with Crippen molar-refractivity contribution in [2.45, 2.75) is 25.3 Å². The van der Waals surface area contributed by atoms with E-state index < -0.39 is 0 Å². The Morgan fingerprint density at radius 3 is 3.17 bits per heavy atom. The molecule has 0 saturated carbocycles. The van der Waals surface area contributed by atoms with Crippen LogP contribution in [0.25, 0.3) is 0 Å². The molecule has 1 heterocycles. The average Bonchev–Trinajstić information content (AvgIpc) is 2.27. The van der Waals surface area contributed by atoms with Crippen molar-refractivity contribution < 1.29 is 4.79 Å². The third-order valence-electron chi connectivity index (χ3n) is 2.11. The van der Waals surface area contributed by atoms with Gasteiger partial charge in [0.15, 0.2) is 0 Å². The van der Waals surface area contributed by atoms with Crippen molar-refractivity contribution in [3.63, 3.8) is 0 Å². The summed E-state index contributed by atoms with van der Waals surface area (Å²) in [5.74, 6) is 0.173. The predicted octanol–water partition coefficient (Wildman–Crippen LogP) is -0.797. The lowest BCUT2D eigenvalue weighted by Crippen LogP contribution is -2.33. The van der Waals surface area contributed by atoms with Gasteiger partial charge in [-0.15, -0.1) is 0 Å². The summed E-state index contributed by atoms with van der Waals surface area (Å²) in [6.07, 6.45) is 2.60. The summed E-state index contributed by atoms with van der Waals surface area (Å²) in [6.45, 7) is 2.30. The molecule has 0 radical (unpaired) electrons. The molecule has 70 valence electrons. The second-order valence-electron chi connectivity index (χ2n) is 3.12. The molecule has 1 atom stereocenters. The van der Waals surface area contributed by atoms with Crippen molar-refractivity contribution in [3.8, 4) is 0 Å². The first-order valence-corrected chi connectivity index (χ1v) is 4.53. The molecule has 1 aliphatic heterocycles. The van der Waals surface area contributed by atoms with Gasteiger partial charge in [-0.1, -0.05) is 0 Å². The van der Waals surface area contributed by atoms with E-state index in [2.05, 4.69) is 10.6 Å². The molecule has 0 aromatic carbocycles. The van der Waals surface area contributed by atoms with Crippen LogP contribution in [-0.2, 0) is 4.79 Å². The van der Waals surface area contributed by atoms with Crippen LogP contribution in [0, 0.1) is 0 Å². The zero-order chi connectivity index (χ0) is 8.81. The average molecular weight is 171 g/mol. The van der Waals surface area contributed by atoms with Crippen LogP contribution in [0.3, 0.4) is 0 Å². The van der Waals surface area contributed by atoms with Crippen molar-refractivity contribution >= 4 is 5.91 Å². The van der Waals surface area contributed by atoms with Crippen molar-refractivity contribution in [2.75, 3.05) is 19.6 Å². The minimum absolute atomic E-state index is 0.173. The molecule has 1 aliphatic rings. The summed E-state index contributed by atoms with van der Waals surface area (Å²) in [5.41, 5.74) is 5.37. The Balaban J connectivity index is 2.21. The van der Waals surface area contributed by atoms with Gasteiger partial charge in [-0.3, -0.25) is 4.79 Å². The van der Waals surface area contributed by atoms with Gasteiger partial charge in [-0.25, -0.2) is 0 Å². The van der Waals surface area contributed by atoms with Crippen LogP contribution in [0.1, 0.15) is 19.3 Å².